The lowest BCUT2D eigenvalue weighted by molar-refractivity contribution is 0.311. The predicted molar refractivity (Wildman–Crippen MR) is 79.2 cm³/mol. The number of rotatable bonds is 6. The van der Waals surface area contributed by atoms with Crippen LogP contribution < -0.4 is 10.6 Å². The maximum atomic E-state index is 13.7. The minimum atomic E-state index is -0.945. The van der Waals surface area contributed by atoms with Gasteiger partial charge in [-0.3, -0.25) is 0 Å². The summed E-state index contributed by atoms with van der Waals surface area (Å²) in [6.07, 6.45) is 2.12. The summed E-state index contributed by atoms with van der Waals surface area (Å²) < 4.78 is 27.0. The summed E-state index contributed by atoms with van der Waals surface area (Å²) in [5.41, 5.74) is 0.878. The minimum Gasteiger partial charge on any atom is -0.395 e. The Morgan fingerprint density at radius 3 is 2.77 bits per heavy atom. The number of halogens is 2. The SMILES string of the molecule is OCCNc1nc(Nc2cccc(F)c2F)cc(C2CC2)n1. The van der Waals surface area contributed by atoms with Gasteiger partial charge in [0.2, 0.25) is 5.95 Å². The van der Waals surface area contributed by atoms with Crippen LogP contribution in [0.25, 0.3) is 0 Å². The minimum absolute atomic E-state index is 0.0218. The van der Waals surface area contributed by atoms with Gasteiger partial charge in [-0.15, -0.1) is 0 Å². The maximum absolute atomic E-state index is 13.7. The number of benzene rings is 1. The molecule has 0 amide bonds. The topological polar surface area (TPSA) is 70.1 Å². The standard InChI is InChI=1S/C15H16F2N4O/c16-10-2-1-3-11(14(10)17)19-13-8-12(9-4-5-9)20-15(21-13)18-6-7-22/h1-3,8-9,22H,4-7H2,(H2,18,19,20,21). The Hall–Kier alpha value is -2.28. The Morgan fingerprint density at radius 1 is 1.23 bits per heavy atom. The third kappa shape index (κ3) is 3.30. The van der Waals surface area contributed by atoms with Gasteiger partial charge in [0.1, 0.15) is 5.82 Å². The number of hydrogen-bond donors (Lipinski definition) is 3. The lowest BCUT2D eigenvalue weighted by Gasteiger charge is -2.11. The summed E-state index contributed by atoms with van der Waals surface area (Å²) >= 11 is 0. The molecule has 2 aromatic rings. The highest BCUT2D eigenvalue weighted by molar-refractivity contribution is 5.58. The summed E-state index contributed by atoms with van der Waals surface area (Å²) in [5.74, 6) is -0.728. The Bertz CT molecular complexity index is 677. The van der Waals surface area contributed by atoms with E-state index in [1.165, 1.54) is 12.1 Å². The highest BCUT2D eigenvalue weighted by Crippen LogP contribution is 2.40. The van der Waals surface area contributed by atoms with Gasteiger partial charge >= 0.3 is 0 Å². The molecular formula is C15H16F2N4O. The highest BCUT2D eigenvalue weighted by atomic mass is 19.2. The van der Waals surface area contributed by atoms with Crippen LogP contribution in [0.4, 0.5) is 26.2 Å². The molecule has 1 aliphatic rings. The van der Waals surface area contributed by atoms with Gasteiger partial charge in [0, 0.05) is 18.5 Å². The molecule has 1 heterocycles. The summed E-state index contributed by atoms with van der Waals surface area (Å²) in [5, 5.41) is 14.5. The first kappa shape index (κ1) is 14.6. The molecule has 22 heavy (non-hydrogen) atoms. The first-order valence-electron chi connectivity index (χ1n) is 7.12. The van der Waals surface area contributed by atoms with Gasteiger partial charge in [-0.2, -0.15) is 4.98 Å². The van der Waals surface area contributed by atoms with Gasteiger partial charge in [0.05, 0.1) is 18.0 Å². The van der Waals surface area contributed by atoms with Crippen molar-refractivity contribution in [1.29, 1.82) is 0 Å². The van der Waals surface area contributed by atoms with Crippen LogP contribution in [0.2, 0.25) is 0 Å². The van der Waals surface area contributed by atoms with E-state index in [2.05, 4.69) is 20.6 Å². The fourth-order valence-electron chi connectivity index (χ4n) is 2.10. The number of anilines is 3. The van der Waals surface area contributed by atoms with Crippen LogP contribution in [0.5, 0.6) is 0 Å². The van der Waals surface area contributed by atoms with Crippen molar-refractivity contribution in [3.8, 4) is 0 Å². The quantitative estimate of drug-likeness (QED) is 0.765. The number of aliphatic hydroxyl groups excluding tert-OH is 1. The van der Waals surface area contributed by atoms with Crippen molar-refractivity contribution in [2.45, 2.75) is 18.8 Å². The van der Waals surface area contributed by atoms with Crippen LogP contribution in [0.1, 0.15) is 24.5 Å². The largest absolute Gasteiger partial charge is 0.395 e. The number of nitrogens with zero attached hydrogens (tertiary/aromatic N) is 2. The number of aromatic nitrogens is 2. The summed E-state index contributed by atoms with van der Waals surface area (Å²) in [7, 11) is 0. The smallest absolute Gasteiger partial charge is 0.224 e. The molecule has 0 aliphatic heterocycles. The molecule has 1 aromatic carbocycles. The molecule has 0 unspecified atom stereocenters. The molecule has 1 aromatic heterocycles. The van der Waals surface area contributed by atoms with Crippen molar-refractivity contribution in [2.75, 3.05) is 23.8 Å². The van der Waals surface area contributed by atoms with Crippen molar-refractivity contribution in [1.82, 2.24) is 9.97 Å². The molecule has 0 spiro atoms. The lowest BCUT2D eigenvalue weighted by Crippen LogP contribution is -2.11. The molecule has 3 rings (SSSR count). The zero-order valence-electron chi connectivity index (χ0n) is 11.8. The van der Waals surface area contributed by atoms with Crippen molar-refractivity contribution in [2.24, 2.45) is 0 Å². The van der Waals surface area contributed by atoms with E-state index in [1.807, 2.05) is 0 Å². The van der Waals surface area contributed by atoms with Crippen molar-refractivity contribution in [3.05, 3.63) is 41.6 Å². The second-order valence-electron chi connectivity index (χ2n) is 5.15. The third-order valence-corrected chi connectivity index (χ3v) is 3.35. The van der Waals surface area contributed by atoms with E-state index in [1.54, 1.807) is 6.07 Å². The Labute approximate surface area is 126 Å². The number of aliphatic hydroxyl groups is 1. The van der Waals surface area contributed by atoms with Gasteiger partial charge in [-0.25, -0.2) is 13.8 Å². The van der Waals surface area contributed by atoms with Crippen LogP contribution >= 0.6 is 0 Å². The molecule has 1 saturated carbocycles. The van der Waals surface area contributed by atoms with Crippen LogP contribution in [0.3, 0.4) is 0 Å². The second-order valence-corrected chi connectivity index (χ2v) is 5.15. The van der Waals surface area contributed by atoms with Crippen LogP contribution in [-0.4, -0.2) is 28.2 Å². The maximum Gasteiger partial charge on any atom is 0.224 e. The van der Waals surface area contributed by atoms with E-state index in [0.29, 0.717) is 24.2 Å². The van der Waals surface area contributed by atoms with Gasteiger partial charge in [0.15, 0.2) is 11.6 Å². The Balaban J connectivity index is 1.88. The summed E-state index contributed by atoms with van der Waals surface area (Å²) in [6, 6.07) is 5.67. The molecule has 0 bridgehead atoms. The van der Waals surface area contributed by atoms with Crippen LogP contribution in [-0.2, 0) is 0 Å². The fourth-order valence-corrected chi connectivity index (χ4v) is 2.10. The Morgan fingerprint density at radius 2 is 2.05 bits per heavy atom. The van der Waals surface area contributed by atoms with E-state index >= 15 is 0 Å². The summed E-state index contributed by atoms with van der Waals surface area (Å²) in [6.45, 7) is 0.278. The van der Waals surface area contributed by atoms with Crippen molar-refractivity contribution >= 4 is 17.5 Å². The van der Waals surface area contributed by atoms with E-state index in [4.69, 9.17) is 5.11 Å². The van der Waals surface area contributed by atoms with Gasteiger partial charge in [-0.05, 0) is 25.0 Å². The molecular weight excluding hydrogens is 290 g/mol. The fraction of sp³-hybridized carbons (Fsp3) is 0.333. The third-order valence-electron chi connectivity index (χ3n) is 3.35. The molecule has 0 atom stereocenters. The molecule has 3 N–H and O–H groups in total. The van der Waals surface area contributed by atoms with Gasteiger partial charge in [0.25, 0.3) is 0 Å². The van der Waals surface area contributed by atoms with Crippen LogP contribution in [0, 0.1) is 11.6 Å². The molecule has 7 heteroatoms. The monoisotopic (exact) mass is 306 g/mol. The number of nitrogens with one attached hydrogen (secondary N) is 2. The van der Waals surface area contributed by atoms with Crippen molar-refractivity contribution < 1.29 is 13.9 Å². The number of hydrogen-bond acceptors (Lipinski definition) is 5. The predicted octanol–water partition coefficient (Wildman–Crippen LogP) is 2.78. The highest BCUT2D eigenvalue weighted by Gasteiger charge is 2.26. The molecule has 1 aliphatic carbocycles. The van der Waals surface area contributed by atoms with E-state index < -0.39 is 11.6 Å². The van der Waals surface area contributed by atoms with Gasteiger partial charge < -0.3 is 15.7 Å². The van der Waals surface area contributed by atoms with E-state index in [-0.39, 0.29) is 12.3 Å². The summed E-state index contributed by atoms with van der Waals surface area (Å²) in [4.78, 5) is 8.59. The first-order valence-corrected chi connectivity index (χ1v) is 7.12. The average molecular weight is 306 g/mol. The molecule has 116 valence electrons. The Kier molecular flexibility index (Phi) is 4.15. The first-order chi connectivity index (χ1) is 10.7. The van der Waals surface area contributed by atoms with E-state index in [0.717, 1.165) is 24.6 Å². The zero-order chi connectivity index (χ0) is 15.5. The second kappa shape index (κ2) is 6.23. The lowest BCUT2D eigenvalue weighted by atomic mass is 10.2. The van der Waals surface area contributed by atoms with Crippen LogP contribution in [0.15, 0.2) is 24.3 Å². The normalized spacial score (nSPS) is 14.0. The van der Waals surface area contributed by atoms with E-state index in [9.17, 15) is 8.78 Å². The molecule has 5 nitrogen and oxygen atoms in total. The molecule has 0 saturated heterocycles. The molecule has 1 fully saturated rings. The molecule has 0 radical (unpaired) electrons. The van der Waals surface area contributed by atoms with Crippen molar-refractivity contribution in [3.63, 3.8) is 0 Å². The van der Waals surface area contributed by atoms with Gasteiger partial charge in [-0.1, -0.05) is 6.07 Å². The average Bonchev–Trinajstić information content (AvgIpc) is 3.34. The zero-order valence-corrected chi connectivity index (χ0v) is 11.8.